The molecule has 3 rings (SSSR count). The van der Waals surface area contributed by atoms with Gasteiger partial charge in [0.25, 0.3) is 5.91 Å². The van der Waals surface area contributed by atoms with Crippen LogP contribution in [-0.4, -0.2) is 40.9 Å². The molecule has 28 heavy (non-hydrogen) atoms. The summed E-state index contributed by atoms with van der Waals surface area (Å²) in [5.74, 6) is 0.167. The molecule has 4 N–H and O–H groups in total. The van der Waals surface area contributed by atoms with Gasteiger partial charge in [-0.3, -0.25) is 9.59 Å². The largest absolute Gasteiger partial charge is 0.479 e. The Bertz CT molecular complexity index is 852. The third-order valence-corrected chi connectivity index (χ3v) is 5.08. The van der Waals surface area contributed by atoms with Crippen LogP contribution >= 0.6 is 11.6 Å². The summed E-state index contributed by atoms with van der Waals surface area (Å²) >= 11 is 6.05. The van der Waals surface area contributed by atoms with Crippen LogP contribution < -0.4 is 15.8 Å². The summed E-state index contributed by atoms with van der Waals surface area (Å²) < 4.78 is 5.37. The summed E-state index contributed by atoms with van der Waals surface area (Å²) in [6, 6.07) is 8.34. The van der Waals surface area contributed by atoms with E-state index in [1.54, 1.807) is 29.2 Å². The third-order valence-electron chi connectivity index (χ3n) is 4.85. The molecular weight excluding hydrogens is 380 g/mol. The minimum absolute atomic E-state index is 0.176. The molecule has 1 unspecified atom stereocenters. The van der Waals surface area contributed by atoms with Crippen molar-refractivity contribution in [1.29, 1.82) is 0 Å². The number of aromatic amines is 1. The number of carbonyl (C=O) groups is 2. The maximum Gasteiger partial charge on any atom is 0.271 e. The van der Waals surface area contributed by atoms with Crippen molar-refractivity contribution in [3.63, 3.8) is 0 Å². The number of ether oxygens (including phenoxy) is 1. The van der Waals surface area contributed by atoms with Gasteiger partial charge in [0.1, 0.15) is 11.7 Å². The molecule has 1 aliphatic rings. The first-order valence-corrected chi connectivity index (χ1v) is 9.79. The molecule has 7 nitrogen and oxygen atoms in total. The lowest BCUT2D eigenvalue weighted by Crippen LogP contribution is -2.45. The Balaban J connectivity index is 1.65. The van der Waals surface area contributed by atoms with Crippen LogP contribution in [0.25, 0.3) is 0 Å². The Morgan fingerprint density at radius 1 is 1.32 bits per heavy atom. The van der Waals surface area contributed by atoms with Gasteiger partial charge in [0, 0.05) is 30.7 Å². The van der Waals surface area contributed by atoms with E-state index in [4.69, 9.17) is 22.1 Å². The van der Waals surface area contributed by atoms with E-state index < -0.39 is 6.04 Å². The molecule has 0 bridgehead atoms. The van der Waals surface area contributed by atoms with Crippen LogP contribution in [0.3, 0.4) is 0 Å². The lowest BCUT2D eigenvalue weighted by Gasteiger charge is -2.23. The second kappa shape index (κ2) is 9.12. The molecule has 8 heteroatoms. The van der Waals surface area contributed by atoms with E-state index >= 15 is 0 Å². The molecule has 0 spiro atoms. The SMILES string of the molecule is CCOc1ccc(C(=O)N2CCCC2C(=O)NCc2cc(Cl)ccc2CN)[nH]1. The zero-order valence-corrected chi connectivity index (χ0v) is 16.6. The van der Waals surface area contributed by atoms with E-state index in [0.717, 1.165) is 17.5 Å². The second-order valence-corrected chi connectivity index (χ2v) is 7.10. The van der Waals surface area contributed by atoms with Crippen LogP contribution in [0.1, 0.15) is 41.4 Å². The monoisotopic (exact) mass is 404 g/mol. The van der Waals surface area contributed by atoms with Gasteiger partial charge < -0.3 is 25.7 Å². The number of halogens is 1. The predicted octanol–water partition coefficient (Wildman–Crippen LogP) is 2.45. The van der Waals surface area contributed by atoms with Crippen LogP contribution in [0.2, 0.25) is 5.02 Å². The van der Waals surface area contributed by atoms with Gasteiger partial charge in [-0.15, -0.1) is 0 Å². The van der Waals surface area contributed by atoms with Crippen LogP contribution in [0, 0.1) is 0 Å². The number of nitrogens with one attached hydrogen (secondary N) is 2. The minimum Gasteiger partial charge on any atom is -0.479 e. The maximum atomic E-state index is 12.8. The van der Waals surface area contributed by atoms with E-state index in [9.17, 15) is 9.59 Å². The number of amides is 2. The first-order chi connectivity index (χ1) is 13.5. The van der Waals surface area contributed by atoms with E-state index in [0.29, 0.717) is 49.3 Å². The summed E-state index contributed by atoms with van der Waals surface area (Å²) in [7, 11) is 0. The van der Waals surface area contributed by atoms with E-state index in [2.05, 4.69) is 10.3 Å². The summed E-state index contributed by atoms with van der Waals surface area (Å²) in [4.78, 5) is 30.1. The molecule has 1 fully saturated rings. The molecule has 2 heterocycles. The maximum absolute atomic E-state index is 12.8. The van der Waals surface area contributed by atoms with Crippen molar-refractivity contribution in [2.45, 2.75) is 38.9 Å². The first-order valence-electron chi connectivity index (χ1n) is 9.41. The van der Waals surface area contributed by atoms with Crippen LogP contribution in [0.4, 0.5) is 0 Å². The highest BCUT2D eigenvalue weighted by atomic mass is 35.5. The lowest BCUT2D eigenvalue weighted by molar-refractivity contribution is -0.125. The molecule has 2 amide bonds. The molecule has 150 valence electrons. The Morgan fingerprint density at radius 3 is 2.89 bits per heavy atom. The summed E-state index contributed by atoms with van der Waals surface area (Å²) in [6.45, 7) is 3.62. The number of nitrogens with two attached hydrogens (primary N) is 1. The number of benzene rings is 1. The number of rotatable bonds is 7. The molecule has 0 aliphatic carbocycles. The molecular formula is C20H25ClN4O3. The van der Waals surface area contributed by atoms with Crippen molar-refractivity contribution in [2.75, 3.05) is 13.2 Å². The minimum atomic E-state index is -0.494. The van der Waals surface area contributed by atoms with Gasteiger partial charge in [0.15, 0.2) is 5.88 Å². The summed E-state index contributed by atoms with van der Waals surface area (Å²) in [6.07, 6.45) is 1.42. The molecule has 1 aromatic carbocycles. The fourth-order valence-electron chi connectivity index (χ4n) is 3.43. The lowest BCUT2D eigenvalue weighted by atomic mass is 10.1. The molecule has 0 radical (unpaired) electrons. The summed E-state index contributed by atoms with van der Waals surface area (Å²) in [5.41, 5.74) is 7.99. The summed E-state index contributed by atoms with van der Waals surface area (Å²) in [5, 5.41) is 3.52. The zero-order chi connectivity index (χ0) is 20.1. The molecule has 1 aliphatic heterocycles. The molecule has 2 aromatic rings. The van der Waals surface area contributed by atoms with Crippen molar-refractivity contribution in [2.24, 2.45) is 5.73 Å². The second-order valence-electron chi connectivity index (χ2n) is 6.66. The smallest absolute Gasteiger partial charge is 0.271 e. The normalized spacial score (nSPS) is 16.2. The molecule has 1 atom stereocenters. The van der Waals surface area contributed by atoms with Gasteiger partial charge in [0.05, 0.1) is 6.61 Å². The average molecular weight is 405 g/mol. The van der Waals surface area contributed by atoms with Gasteiger partial charge >= 0.3 is 0 Å². The zero-order valence-electron chi connectivity index (χ0n) is 15.8. The topological polar surface area (TPSA) is 100 Å². The van der Waals surface area contributed by atoms with Crippen molar-refractivity contribution >= 4 is 23.4 Å². The standard InChI is InChI=1S/C20H25ClN4O3/c1-2-28-18-8-7-16(24-18)20(27)25-9-3-4-17(25)19(26)23-12-14-10-15(21)6-5-13(14)11-22/h5-8,10,17,24H,2-4,9,11-12,22H2,1H3,(H,23,26). The van der Waals surface area contributed by atoms with Crippen LogP contribution in [0.15, 0.2) is 30.3 Å². The molecule has 1 saturated heterocycles. The number of hydrogen-bond acceptors (Lipinski definition) is 4. The van der Waals surface area contributed by atoms with Crippen molar-refractivity contribution < 1.29 is 14.3 Å². The van der Waals surface area contributed by atoms with Crippen molar-refractivity contribution in [1.82, 2.24) is 15.2 Å². The first kappa shape index (κ1) is 20.2. The highest BCUT2D eigenvalue weighted by molar-refractivity contribution is 6.30. The Labute approximate surface area is 169 Å². The Hall–Kier alpha value is -2.51. The highest BCUT2D eigenvalue weighted by Gasteiger charge is 2.35. The number of carbonyl (C=O) groups excluding carboxylic acids is 2. The van der Waals surface area contributed by atoms with Crippen LogP contribution in [0.5, 0.6) is 5.88 Å². The number of nitrogens with zero attached hydrogens (tertiary/aromatic N) is 1. The number of likely N-dealkylation sites (tertiary alicyclic amines) is 1. The van der Waals surface area contributed by atoms with Gasteiger partial charge in [-0.25, -0.2) is 0 Å². The van der Waals surface area contributed by atoms with Gasteiger partial charge in [-0.05, 0) is 49.1 Å². The number of aromatic nitrogens is 1. The Kier molecular flexibility index (Phi) is 6.59. The van der Waals surface area contributed by atoms with Gasteiger partial charge in [-0.2, -0.15) is 0 Å². The highest BCUT2D eigenvalue weighted by Crippen LogP contribution is 2.22. The molecule has 1 aromatic heterocycles. The number of hydrogen-bond donors (Lipinski definition) is 3. The fourth-order valence-corrected chi connectivity index (χ4v) is 3.63. The van der Waals surface area contributed by atoms with Crippen molar-refractivity contribution in [3.8, 4) is 5.88 Å². The Morgan fingerprint density at radius 2 is 2.14 bits per heavy atom. The fraction of sp³-hybridized carbons (Fsp3) is 0.400. The van der Waals surface area contributed by atoms with E-state index in [1.807, 2.05) is 13.0 Å². The predicted molar refractivity (Wildman–Crippen MR) is 107 cm³/mol. The van der Waals surface area contributed by atoms with E-state index in [1.165, 1.54) is 0 Å². The third kappa shape index (κ3) is 4.48. The molecule has 0 saturated carbocycles. The van der Waals surface area contributed by atoms with E-state index in [-0.39, 0.29) is 11.8 Å². The van der Waals surface area contributed by atoms with Crippen LogP contribution in [-0.2, 0) is 17.9 Å². The van der Waals surface area contributed by atoms with Gasteiger partial charge in [-0.1, -0.05) is 17.7 Å². The van der Waals surface area contributed by atoms with Gasteiger partial charge in [0.2, 0.25) is 5.91 Å². The number of H-pyrrole nitrogens is 1. The van der Waals surface area contributed by atoms with Crippen molar-refractivity contribution in [3.05, 3.63) is 52.2 Å². The quantitative estimate of drug-likeness (QED) is 0.659. The average Bonchev–Trinajstić information content (AvgIpc) is 3.36.